The zero-order chi connectivity index (χ0) is 19.7. The second kappa shape index (κ2) is 7.18. The fourth-order valence-electron chi connectivity index (χ4n) is 3.19. The summed E-state index contributed by atoms with van der Waals surface area (Å²) in [6.07, 6.45) is -0.889. The zero-order valence-electron chi connectivity index (χ0n) is 15.2. The number of pyridine rings is 1. The summed E-state index contributed by atoms with van der Waals surface area (Å²) in [7, 11) is 0. The number of hydrogen-bond acceptors (Lipinski definition) is 4. The van der Waals surface area contributed by atoms with Crippen molar-refractivity contribution in [2.45, 2.75) is 32.5 Å². The Hall–Kier alpha value is -3.03. The molecule has 5 nitrogen and oxygen atoms in total. The Morgan fingerprint density at radius 1 is 1.11 bits per heavy atom. The van der Waals surface area contributed by atoms with Crippen LogP contribution in [-0.4, -0.2) is 21.4 Å². The minimum absolute atomic E-state index is 0.268. The van der Waals surface area contributed by atoms with Gasteiger partial charge in [-0.15, -0.1) is 0 Å². The molecule has 2 aromatic heterocycles. The van der Waals surface area contributed by atoms with Gasteiger partial charge in [0.05, 0.1) is 29.0 Å². The van der Waals surface area contributed by atoms with Crippen molar-refractivity contribution >= 4 is 0 Å². The van der Waals surface area contributed by atoms with Crippen LogP contribution >= 0.6 is 0 Å². The monoisotopic (exact) mass is 389 g/mol. The Morgan fingerprint density at radius 3 is 2.64 bits per heavy atom. The van der Waals surface area contributed by atoms with Crippen LogP contribution in [0.5, 0.6) is 17.5 Å². The SMILES string of the molecule is Cc1nn2c(c1-c1cccnc1Oc1ccc(C(F)(F)F)cc1)OCCCC2. The van der Waals surface area contributed by atoms with Gasteiger partial charge in [0.15, 0.2) is 0 Å². The maximum absolute atomic E-state index is 12.8. The van der Waals surface area contributed by atoms with Crippen molar-refractivity contribution in [1.82, 2.24) is 14.8 Å². The molecule has 3 heterocycles. The largest absolute Gasteiger partial charge is 0.477 e. The first-order valence-electron chi connectivity index (χ1n) is 8.94. The third-order valence-electron chi connectivity index (χ3n) is 4.52. The van der Waals surface area contributed by atoms with E-state index in [9.17, 15) is 13.2 Å². The van der Waals surface area contributed by atoms with Crippen LogP contribution in [0.4, 0.5) is 13.2 Å². The average Bonchev–Trinajstić information content (AvgIpc) is 2.82. The lowest BCUT2D eigenvalue weighted by Crippen LogP contribution is -2.04. The molecule has 3 aromatic rings. The third-order valence-corrected chi connectivity index (χ3v) is 4.52. The van der Waals surface area contributed by atoms with E-state index in [0.717, 1.165) is 42.8 Å². The number of alkyl halides is 3. The number of aromatic nitrogens is 3. The fourth-order valence-corrected chi connectivity index (χ4v) is 3.19. The van der Waals surface area contributed by atoms with Gasteiger partial charge in [0.1, 0.15) is 5.75 Å². The van der Waals surface area contributed by atoms with E-state index in [1.165, 1.54) is 12.1 Å². The molecule has 0 N–H and O–H groups in total. The van der Waals surface area contributed by atoms with Gasteiger partial charge in [-0.2, -0.15) is 18.3 Å². The van der Waals surface area contributed by atoms with Gasteiger partial charge in [0.2, 0.25) is 11.8 Å². The molecular weight excluding hydrogens is 371 g/mol. The molecule has 0 spiro atoms. The predicted octanol–water partition coefficient (Wildman–Crippen LogP) is 5.24. The first kappa shape index (κ1) is 18.3. The Kier molecular flexibility index (Phi) is 4.70. The van der Waals surface area contributed by atoms with Crippen LogP contribution in [0.1, 0.15) is 24.1 Å². The number of halogens is 3. The van der Waals surface area contributed by atoms with Gasteiger partial charge in [-0.3, -0.25) is 0 Å². The van der Waals surface area contributed by atoms with Crippen LogP contribution in [0.25, 0.3) is 11.1 Å². The standard InChI is InChI=1S/C20H18F3N3O2/c1-13-17(19-26(25-13)11-2-3-12-27-19)16-5-4-10-24-18(16)28-15-8-6-14(7-9-15)20(21,22)23/h4-10H,2-3,11-12H2,1H3. The summed E-state index contributed by atoms with van der Waals surface area (Å²) in [5.41, 5.74) is 1.52. The van der Waals surface area contributed by atoms with Gasteiger partial charge < -0.3 is 9.47 Å². The highest BCUT2D eigenvalue weighted by atomic mass is 19.4. The van der Waals surface area contributed by atoms with Crippen molar-refractivity contribution in [2.75, 3.05) is 6.61 Å². The molecule has 0 atom stereocenters. The molecule has 0 unspecified atom stereocenters. The molecule has 4 rings (SSSR count). The second-order valence-electron chi connectivity index (χ2n) is 6.52. The van der Waals surface area contributed by atoms with E-state index in [2.05, 4.69) is 10.1 Å². The Balaban J connectivity index is 1.70. The molecule has 0 saturated carbocycles. The third kappa shape index (κ3) is 3.54. The molecule has 0 radical (unpaired) electrons. The molecule has 146 valence electrons. The maximum Gasteiger partial charge on any atom is 0.416 e. The van der Waals surface area contributed by atoms with Crippen LogP contribution in [0.15, 0.2) is 42.6 Å². The van der Waals surface area contributed by atoms with Gasteiger partial charge in [-0.05, 0) is 56.2 Å². The Morgan fingerprint density at radius 2 is 1.89 bits per heavy atom. The smallest absolute Gasteiger partial charge is 0.416 e. The second-order valence-corrected chi connectivity index (χ2v) is 6.52. The summed E-state index contributed by atoms with van der Waals surface area (Å²) >= 11 is 0. The van der Waals surface area contributed by atoms with Crippen molar-refractivity contribution in [3.63, 3.8) is 0 Å². The number of hydrogen-bond donors (Lipinski definition) is 0. The van der Waals surface area contributed by atoms with Crippen molar-refractivity contribution < 1.29 is 22.6 Å². The quantitative estimate of drug-likeness (QED) is 0.615. The number of fused-ring (bicyclic) bond motifs is 1. The zero-order valence-corrected chi connectivity index (χ0v) is 15.2. The number of rotatable bonds is 3. The van der Waals surface area contributed by atoms with Gasteiger partial charge >= 0.3 is 6.18 Å². The molecule has 0 bridgehead atoms. The normalized spacial score (nSPS) is 14.1. The summed E-state index contributed by atoms with van der Waals surface area (Å²) in [5, 5.41) is 4.56. The predicted molar refractivity (Wildman–Crippen MR) is 96.4 cm³/mol. The number of nitrogens with zero attached hydrogens (tertiary/aromatic N) is 3. The summed E-state index contributed by atoms with van der Waals surface area (Å²) in [5.74, 6) is 1.22. The molecule has 8 heteroatoms. The molecule has 1 aliphatic heterocycles. The van der Waals surface area contributed by atoms with E-state index in [0.29, 0.717) is 18.1 Å². The average molecular weight is 389 g/mol. The molecule has 0 amide bonds. The summed E-state index contributed by atoms with van der Waals surface area (Å²) in [4.78, 5) is 4.28. The number of aryl methyl sites for hydroxylation is 2. The fraction of sp³-hybridized carbons (Fsp3) is 0.300. The van der Waals surface area contributed by atoms with Crippen LogP contribution < -0.4 is 9.47 Å². The van der Waals surface area contributed by atoms with E-state index in [1.54, 1.807) is 12.3 Å². The highest BCUT2D eigenvalue weighted by Crippen LogP contribution is 2.40. The van der Waals surface area contributed by atoms with E-state index in [4.69, 9.17) is 9.47 Å². The van der Waals surface area contributed by atoms with Crippen LogP contribution in [0, 0.1) is 6.92 Å². The minimum atomic E-state index is -4.39. The first-order chi connectivity index (χ1) is 13.4. The lowest BCUT2D eigenvalue weighted by atomic mass is 10.1. The van der Waals surface area contributed by atoms with Crippen molar-refractivity contribution in [1.29, 1.82) is 0 Å². The molecule has 0 aliphatic carbocycles. The molecule has 0 fully saturated rings. The summed E-state index contributed by atoms with van der Waals surface area (Å²) < 4.78 is 51.8. The lowest BCUT2D eigenvalue weighted by Gasteiger charge is -2.12. The van der Waals surface area contributed by atoms with Crippen LogP contribution in [0.3, 0.4) is 0 Å². The Labute approximate surface area is 159 Å². The number of benzene rings is 1. The number of ether oxygens (including phenoxy) is 2. The summed E-state index contributed by atoms with van der Waals surface area (Å²) in [6.45, 7) is 3.26. The first-order valence-corrected chi connectivity index (χ1v) is 8.94. The van der Waals surface area contributed by atoms with E-state index < -0.39 is 11.7 Å². The highest BCUT2D eigenvalue weighted by molar-refractivity contribution is 5.75. The molecule has 0 saturated heterocycles. The van der Waals surface area contributed by atoms with Crippen molar-refractivity contribution in [3.05, 3.63) is 53.9 Å². The minimum Gasteiger partial charge on any atom is -0.477 e. The molecule has 28 heavy (non-hydrogen) atoms. The van der Waals surface area contributed by atoms with Crippen LogP contribution in [0.2, 0.25) is 0 Å². The maximum atomic E-state index is 12.8. The van der Waals surface area contributed by atoms with E-state index in [1.807, 2.05) is 17.7 Å². The summed E-state index contributed by atoms with van der Waals surface area (Å²) in [6, 6.07) is 8.14. The van der Waals surface area contributed by atoms with E-state index in [-0.39, 0.29) is 11.6 Å². The molecule has 1 aliphatic rings. The molecule has 1 aromatic carbocycles. The van der Waals surface area contributed by atoms with E-state index >= 15 is 0 Å². The Bertz CT molecular complexity index is 981. The molecular formula is C20H18F3N3O2. The van der Waals surface area contributed by atoms with Crippen LogP contribution in [-0.2, 0) is 12.7 Å². The van der Waals surface area contributed by atoms with Gasteiger partial charge in [-0.1, -0.05) is 0 Å². The van der Waals surface area contributed by atoms with Gasteiger partial charge in [0, 0.05) is 12.7 Å². The van der Waals surface area contributed by atoms with Crippen molar-refractivity contribution in [2.24, 2.45) is 0 Å². The van der Waals surface area contributed by atoms with Gasteiger partial charge in [-0.25, -0.2) is 9.67 Å². The highest BCUT2D eigenvalue weighted by Gasteiger charge is 2.30. The van der Waals surface area contributed by atoms with Gasteiger partial charge in [0.25, 0.3) is 0 Å². The lowest BCUT2D eigenvalue weighted by molar-refractivity contribution is -0.137. The van der Waals surface area contributed by atoms with Crippen molar-refractivity contribution in [3.8, 4) is 28.6 Å². The topological polar surface area (TPSA) is 49.2 Å².